The molecule has 9 nitrogen and oxygen atoms in total. The van der Waals surface area contributed by atoms with E-state index in [0.717, 1.165) is 5.69 Å². The minimum atomic E-state index is -0.249. The summed E-state index contributed by atoms with van der Waals surface area (Å²) in [6, 6.07) is 15.9. The van der Waals surface area contributed by atoms with Crippen LogP contribution < -0.4 is 20.1 Å². The Morgan fingerprint density at radius 2 is 1.71 bits per heavy atom. The Morgan fingerprint density at radius 1 is 0.935 bits per heavy atom. The van der Waals surface area contributed by atoms with Gasteiger partial charge in [-0.3, -0.25) is 4.79 Å². The van der Waals surface area contributed by atoms with Crippen molar-refractivity contribution in [2.45, 2.75) is 0 Å². The number of rotatable bonds is 7. The summed E-state index contributed by atoms with van der Waals surface area (Å²) in [6.45, 7) is 0. The lowest BCUT2D eigenvalue weighted by Gasteiger charge is -2.11. The van der Waals surface area contributed by atoms with Crippen LogP contribution in [0.3, 0.4) is 0 Å². The maximum absolute atomic E-state index is 12.6. The Bertz CT molecular complexity index is 1180. The Morgan fingerprint density at radius 3 is 2.42 bits per heavy atom. The highest BCUT2D eigenvalue weighted by Crippen LogP contribution is 2.28. The molecule has 0 radical (unpaired) electrons. The second kappa shape index (κ2) is 8.95. The van der Waals surface area contributed by atoms with Gasteiger partial charge in [0.25, 0.3) is 5.91 Å². The van der Waals surface area contributed by atoms with Crippen molar-refractivity contribution in [2.24, 2.45) is 0 Å². The van der Waals surface area contributed by atoms with Crippen LogP contribution in [0.2, 0.25) is 0 Å². The molecule has 0 unspecified atom stereocenters. The van der Waals surface area contributed by atoms with Crippen LogP contribution in [-0.4, -0.2) is 39.9 Å². The number of benzene rings is 2. The highest BCUT2D eigenvalue weighted by molar-refractivity contribution is 6.04. The summed E-state index contributed by atoms with van der Waals surface area (Å²) in [5.74, 6) is 2.09. The fraction of sp³-hybridized carbons (Fsp3) is 0.0909. The number of nitrogens with zero attached hydrogens (tertiary/aromatic N) is 4. The number of aromatic nitrogens is 4. The zero-order chi connectivity index (χ0) is 21.6. The molecule has 0 atom stereocenters. The standard InChI is InChI=1S/C22H20N6O3/c1-30-18-9-4-15(12-19(18)31-2)22(29)27-17-7-5-16(6-8-17)26-20-13-21(24-14-23-20)28-11-3-10-25-28/h3-14H,1-2H3,(H,27,29)(H,23,24,26). The van der Waals surface area contributed by atoms with Gasteiger partial charge >= 0.3 is 0 Å². The molecule has 0 spiro atoms. The van der Waals surface area contributed by atoms with Gasteiger partial charge in [0, 0.05) is 35.4 Å². The van der Waals surface area contributed by atoms with Gasteiger partial charge in [0.2, 0.25) is 0 Å². The summed E-state index contributed by atoms with van der Waals surface area (Å²) < 4.78 is 12.1. The molecular weight excluding hydrogens is 396 g/mol. The summed E-state index contributed by atoms with van der Waals surface area (Å²) in [6.07, 6.45) is 4.96. The summed E-state index contributed by atoms with van der Waals surface area (Å²) >= 11 is 0. The number of methoxy groups -OCH3 is 2. The van der Waals surface area contributed by atoms with E-state index >= 15 is 0 Å². The molecule has 1 amide bonds. The molecule has 0 aliphatic rings. The van der Waals surface area contributed by atoms with Gasteiger partial charge in [-0.1, -0.05) is 0 Å². The van der Waals surface area contributed by atoms with Crippen LogP contribution in [0.4, 0.5) is 17.2 Å². The molecule has 4 aromatic rings. The molecule has 4 rings (SSSR count). The number of anilines is 3. The van der Waals surface area contributed by atoms with Gasteiger partial charge < -0.3 is 20.1 Å². The minimum absolute atomic E-state index is 0.249. The molecule has 2 aromatic heterocycles. The quantitative estimate of drug-likeness (QED) is 0.474. The van der Waals surface area contributed by atoms with Crippen LogP contribution in [-0.2, 0) is 0 Å². The topological polar surface area (TPSA) is 103 Å². The second-order valence-corrected chi connectivity index (χ2v) is 6.44. The molecule has 0 saturated heterocycles. The normalized spacial score (nSPS) is 10.4. The van der Waals surface area contributed by atoms with Crippen LogP contribution in [0.5, 0.6) is 11.5 Å². The van der Waals surface area contributed by atoms with Crippen molar-refractivity contribution in [3.05, 3.63) is 78.9 Å². The molecule has 0 aliphatic carbocycles. The van der Waals surface area contributed by atoms with Gasteiger partial charge in [0.15, 0.2) is 17.3 Å². The largest absolute Gasteiger partial charge is 0.493 e. The maximum atomic E-state index is 12.6. The molecule has 0 bridgehead atoms. The third-order valence-corrected chi connectivity index (χ3v) is 4.45. The number of carbonyl (C=O) groups excluding carboxylic acids is 1. The van der Waals surface area contributed by atoms with E-state index in [2.05, 4.69) is 25.7 Å². The van der Waals surface area contributed by atoms with E-state index in [1.807, 2.05) is 24.4 Å². The predicted octanol–water partition coefficient (Wildman–Crippen LogP) is 3.68. The minimum Gasteiger partial charge on any atom is -0.493 e. The maximum Gasteiger partial charge on any atom is 0.255 e. The van der Waals surface area contributed by atoms with E-state index in [9.17, 15) is 4.79 Å². The summed E-state index contributed by atoms with van der Waals surface area (Å²) in [4.78, 5) is 21.0. The summed E-state index contributed by atoms with van der Waals surface area (Å²) in [5.41, 5.74) is 1.94. The molecular formula is C22H20N6O3. The van der Waals surface area contributed by atoms with Crippen LogP contribution >= 0.6 is 0 Å². The number of amides is 1. The zero-order valence-electron chi connectivity index (χ0n) is 16.9. The van der Waals surface area contributed by atoms with Crippen molar-refractivity contribution in [2.75, 3.05) is 24.9 Å². The lowest BCUT2D eigenvalue weighted by atomic mass is 10.1. The zero-order valence-corrected chi connectivity index (χ0v) is 16.9. The number of carbonyl (C=O) groups is 1. The van der Waals surface area contributed by atoms with E-state index in [1.54, 1.807) is 54.4 Å². The van der Waals surface area contributed by atoms with Crippen molar-refractivity contribution >= 4 is 23.1 Å². The van der Waals surface area contributed by atoms with Crippen molar-refractivity contribution in [1.29, 1.82) is 0 Å². The first-order valence-corrected chi connectivity index (χ1v) is 9.39. The summed E-state index contributed by atoms with van der Waals surface area (Å²) in [7, 11) is 3.08. The average molecular weight is 416 g/mol. The molecule has 156 valence electrons. The molecule has 2 heterocycles. The van der Waals surface area contributed by atoms with E-state index in [0.29, 0.717) is 34.4 Å². The lowest BCUT2D eigenvalue weighted by molar-refractivity contribution is 0.102. The van der Waals surface area contributed by atoms with E-state index in [1.165, 1.54) is 13.4 Å². The Hall–Kier alpha value is -4.40. The van der Waals surface area contributed by atoms with Crippen LogP contribution in [0, 0.1) is 0 Å². The summed E-state index contributed by atoms with van der Waals surface area (Å²) in [5, 5.41) is 10.2. The van der Waals surface area contributed by atoms with Gasteiger partial charge in [-0.2, -0.15) is 5.10 Å². The highest BCUT2D eigenvalue weighted by atomic mass is 16.5. The van der Waals surface area contributed by atoms with Crippen LogP contribution in [0.15, 0.2) is 73.3 Å². The Kier molecular flexibility index (Phi) is 5.75. The third-order valence-electron chi connectivity index (χ3n) is 4.45. The Labute approximate surface area is 178 Å². The van der Waals surface area contributed by atoms with E-state index in [-0.39, 0.29) is 5.91 Å². The molecule has 9 heteroatoms. The molecule has 0 aliphatic heterocycles. The lowest BCUT2D eigenvalue weighted by Crippen LogP contribution is -2.12. The van der Waals surface area contributed by atoms with E-state index < -0.39 is 0 Å². The van der Waals surface area contributed by atoms with Gasteiger partial charge in [-0.05, 0) is 48.5 Å². The number of hydrogen-bond donors (Lipinski definition) is 2. The fourth-order valence-corrected chi connectivity index (χ4v) is 2.91. The molecule has 0 saturated carbocycles. The van der Waals surface area contributed by atoms with Gasteiger partial charge in [-0.15, -0.1) is 0 Å². The first-order chi connectivity index (χ1) is 15.2. The average Bonchev–Trinajstić information content (AvgIpc) is 3.35. The van der Waals surface area contributed by atoms with Crippen molar-refractivity contribution in [1.82, 2.24) is 19.7 Å². The SMILES string of the molecule is COc1ccc(C(=O)Nc2ccc(Nc3cc(-n4cccn4)ncn3)cc2)cc1OC. The number of nitrogens with one attached hydrogen (secondary N) is 2. The fourth-order valence-electron chi connectivity index (χ4n) is 2.91. The monoisotopic (exact) mass is 416 g/mol. The van der Waals surface area contributed by atoms with Gasteiger partial charge in [0.1, 0.15) is 12.1 Å². The molecule has 2 N–H and O–H groups in total. The first kappa shape index (κ1) is 19.9. The van der Waals surface area contributed by atoms with Crippen molar-refractivity contribution < 1.29 is 14.3 Å². The predicted molar refractivity (Wildman–Crippen MR) is 116 cm³/mol. The first-order valence-electron chi connectivity index (χ1n) is 9.39. The highest BCUT2D eigenvalue weighted by Gasteiger charge is 2.11. The molecule has 0 fully saturated rings. The van der Waals surface area contributed by atoms with Gasteiger partial charge in [0.05, 0.1) is 14.2 Å². The Balaban J connectivity index is 1.43. The smallest absolute Gasteiger partial charge is 0.255 e. The van der Waals surface area contributed by atoms with Crippen molar-refractivity contribution in [3.8, 4) is 17.3 Å². The molecule has 2 aromatic carbocycles. The van der Waals surface area contributed by atoms with E-state index in [4.69, 9.17) is 9.47 Å². The third kappa shape index (κ3) is 4.61. The molecule has 31 heavy (non-hydrogen) atoms. The number of ether oxygens (including phenoxy) is 2. The second-order valence-electron chi connectivity index (χ2n) is 6.44. The van der Waals surface area contributed by atoms with Crippen LogP contribution in [0.25, 0.3) is 5.82 Å². The number of hydrogen-bond acceptors (Lipinski definition) is 7. The van der Waals surface area contributed by atoms with Crippen molar-refractivity contribution in [3.63, 3.8) is 0 Å². The van der Waals surface area contributed by atoms with Gasteiger partial charge in [-0.25, -0.2) is 14.6 Å². The van der Waals surface area contributed by atoms with Crippen LogP contribution in [0.1, 0.15) is 10.4 Å².